The summed E-state index contributed by atoms with van der Waals surface area (Å²) in [5.74, 6) is 0. The molecule has 0 heterocycles. The van der Waals surface area contributed by atoms with Crippen molar-refractivity contribution in [3.05, 3.63) is 121 Å². The van der Waals surface area contributed by atoms with E-state index in [0.29, 0.717) is 0 Å². The highest BCUT2D eigenvalue weighted by molar-refractivity contribution is 6.48. The van der Waals surface area contributed by atoms with Gasteiger partial charge in [0.05, 0.1) is 0 Å². The smallest absolute Gasteiger partial charge is 0.000696 e. The molecule has 0 nitrogen and oxygen atoms in total. The molecule has 0 aliphatic heterocycles. The van der Waals surface area contributed by atoms with E-state index in [-0.39, 0.29) is 0 Å². The molecule has 1 aliphatic rings. The van der Waals surface area contributed by atoms with Gasteiger partial charge in [-0.1, -0.05) is 121 Å². The van der Waals surface area contributed by atoms with Crippen molar-refractivity contribution in [3.63, 3.8) is 0 Å². The topological polar surface area (TPSA) is 0 Å². The first-order valence-corrected chi connectivity index (χ1v) is 14.1. The molecule has 0 unspecified atom stereocenters. The van der Waals surface area contributed by atoms with Crippen LogP contribution in [0.25, 0.3) is 108 Å². The largest absolute Gasteiger partial charge is 0.0610 e. The van der Waals surface area contributed by atoms with Crippen LogP contribution in [0.5, 0.6) is 0 Å². The van der Waals surface area contributed by atoms with E-state index in [1.165, 1.54) is 108 Å². The summed E-state index contributed by atoms with van der Waals surface area (Å²) in [6.07, 6.45) is 0. The second-order valence-corrected chi connectivity index (χ2v) is 11.5. The molecule has 0 amide bonds. The Labute approximate surface area is 229 Å². The van der Waals surface area contributed by atoms with Crippen LogP contribution in [0.4, 0.5) is 0 Å². The lowest BCUT2D eigenvalue weighted by atomic mass is 9.79. The van der Waals surface area contributed by atoms with Crippen molar-refractivity contribution in [1.29, 1.82) is 0 Å². The molecule has 10 aromatic rings. The maximum absolute atomic E-state index is 2.40. The van der Waals surface area contributed by atoms with Gasteiger partial charge in [-0.15, -0.1) is 0 Å². The summed E-state index contributed by atoms with van der Waals surface area (Å²) in [5.41, 5.74) is 5.56. The van der Waals surface area contributed by atoms with Gasteiger partial charge in [-0.05, 0) is 108 Å². The second-order valence-electron chi connectivity index (χ2n) is 11.5. The van der Waals surface area contributed by atoms with Crippen LogP contribution < -0.4 is 0 Å². The van der Waals surface area contributed by atoms with Crippen LogP contribution in [-0.2, 0) is 0 Å². The van der Waals surface area contributed by atoms with Crippen molar-refractivity contribution in [2.24, 2.45) is 0 Å². The van der Waals surface area contributed by atoms with Crippen LogP contribution in [0, 0.1) is 0 Å². The molecule has 0 radical (unpaired) electrons. The Morgan fingerprint density at radius 2 is 0.575 bits per heavy atom. The summed E-state index contributed by atoms with van der Waals surface area (Å²) < 4.78 is 0. The van der Waals surface area contributed by atoms with E-state index in [1.807, 2.05) is 0 Å². The van der Waals surface area contributed by atoms with Crippen molar-refractivity contribution >= 4 is 86.2 Å². The van der Waals surface area contributed by atoms with Crippen LogP contribution in [0.2, 0.25) is 0 Å². The van der Waals surface area contributed by atoms with E-state index >= 15 is 0 Å². The molecule has 0 fully saturated rings. The monoisotopic (exact) mass is 500 g/mol. The summed E-state index contributed by atoms with van der Waals surface area (Å²) >= 11 is 0. The maximum atomic E-state index is 2.40. The molecule has 0 heteroatoms. The minimum atomic E-state index is 1.31. The molecule has 180 valence electrons. The molecular weight excluding hydrogens is 480 g/mol. The summed E-state index contributed by atoms with van der Waals surface area (Å²) in [7, 11) is 0. The summed E-state index contributed by atoms with van der Waals surface area (Å²) in [6, 6.07) is 45.9. The number of fused-ring (bicyclic) bond motifs is 9. The quantitative estimate of drug-likeness (QED) is 0.143. The van der Waals surface area contributed by atoms with Gasteiger partial charge in [-0.3, -0.25) is 0 Å². The van der Waals surface area contributed by atoms with Gasteiger partial charge in [0.25, 0.3) is 0 Å². The second kappa shape index (κ2) is 6.50. The van der Waals surface area contributed by atoms with Gasteiger partial charge in [0.2, 0.25) is 0 Å². The third kappa shape index (κ3) is 2.03. The average Bonchev–Trinajstić information content (AvgIpc) is 3.34. The molecule has 0 N–H and O–H groups in total. The van der Waals surface area contributed by atoms with Gasteiger partial charge >= 0.3 is 0 Å². The lowest BCUT2D eigenvalue weighted by Gasteiger charge is -2.23. The Bertz CT molecular complexity index is 2550. The zero-order valence-corrected chi connectivity index (χ0v) is 21.5. The predicted molar refractivity (Wildman–Crippen MR) is 173 cm³/mol. The van der Waals surface area contributed by atoms with Crippen LogP contribution in [0.3, 0.4) is 0 Å². The van der Waals surface area contributed by atoms with Crippen molar-refractivity contribution < 1.29 is 0 Å². The summed E-state index contributed by atoms with van der Waals surface area (Å²) in [5, 5.41) is 21.9. The average molecular weight is 501 g/mol. The Kier molecular flexibility index (Phi) is 3.22. The van der Waals surface area contributed by atoms with Crippen molar-refractivity contribution in [1.82, 2.24) is 0 Å². The zero-order valence-electron chi connectivity index (χ0n) is 21.5. The van der Waals surface area contributed by atoms with Crippen LogP contribution >= 0.6 is 0 Å². The van der Waals surface area contributed by atoms with Gasteiger partial charge in [0.1, 0.15) is 0 Å². The minimum absolute atomic E-state index is 1.31. The van der Waals surface area contributed by atoms with E-state index < -0.39 is 0 Å². The molecule has 0 aromatic heterocycles. The fraction of sp³-hybridized carbons (Fsp3) is 0. The normalized spacial score (nSPS) is 13.0. The molecule has 11 rings (SSSR count). The number of hydrogen-bond donors (Lipinski definition) is 0. The standard InChI is InChI=1S/C40H20/c1-7-21-9-3-15-28-32(21)24(13-1)26-19-20-27-25-14-2-8-22-10-4-16-29(33(22)25)38-36(27)35(26)37(28)39-30-17-5-11-23-12-6-18-31(34(23)30)40(38)39/h1-20H. The Balaban J connectivity index is 1.61. The van der Waals surface area contributed by atoms with E-state index in [9.17, 15) is 0 Å². The summed E-state index contributed by atoms with van der Waals surface area (Å²) in [6.45, 7) is 0. The van der Waals surface area contributed by atoms with E-state index in [0.717, 1.165) is 0 Å². The third-order valence-corrected chi connectivity index (χ3v) is 9.83. The molecule has 40 heavy (non-hydrogen) atoms. The van der Waals surface area contributed by atoms with Crippen molar-refractivity contribution in [2.45, 2.75) is 0 Å². The fourth-order valence-electron chi connectivity index (χ4n) is 8.45. The van der Waals surface area contributed by atoms with Crippen LogP contribution in [0.15, 0.2) is 121 Å². The zero-order chi connectivity index (χ0) is 25.7. The lowest BCUT2D eigenvalue weighted by molar-refractivity contribution is 1.78. The van der Waals surface area contributed by atoms with Crippen molar-refractivity contribution in [2.75, 3.05) is 0 Å². The maximum Gasteiger partial charge on any atom is -0.000696 e. The highest BCUT2D eigenvalue weighted by Gasteiger charge is 2.31. The fourth-order valence-corrected chi connectivity index (χ4v) is 8.45. The van der Waals surface area contributed by atoms with Gasteiger partial charge in [-0.25, -0.2) is 0 Å². The highest BCUT2D eigenvalue weighted by atomic mass is 14.3. The number of rotatable bonds is 0. The first-order valence-electron chi connectivity index (χ1n) is 14.1. The lowest BCUT2D eigenvalue weighted by Crippen LogP contribution is -1.94. The van der Waals surface area contributed by atoms with Gasteiger partial charge in [0.15, 0.2) is 0 Å². The van der Waals surface area contributed by atoms with E-state index in [2.05, 4.69) is 121 Å². The Hall–Kier alpha value is -5.20. The minimum Gasteiger partial charge on any atom is -0.0610 e. The molecule has 0 bridgehead atoms. The van der Waals surface area contributed by atoms with Crippen LogP contribution in [0.1, 0.15) is 0 Å². The molecule has 0 saturated carbocycles. The molecular formula is C40H20. The first-order chi connectivity index (χ1) is 19.9. The molecule has 1 aliphatic carbocycles. The Morgan fingerprint density at radius 1 is 0.225 bits per heavy atom. The van der Waals surface area contributed by atoms with Crippen LogP contribution in [-0.4, -0.2) is 0 Å². The summed E-state index contributed by atoms with van der Waals surface area (Å²) in [4.78, 5) is 0. The van der Waals surface area contributed by atoms with E-state index in [4.69, 9.17) is 0 Å². The molecule has 0 atom stereocenters. The van der Waals surface area contributed by atoms with Gasteiger partial charge in [0, 0.05) is 0 Å². The predicted octanol–water partition coefficient (Wildman–Crippen LogP) is 11.4. The highest BCUT2D eigenvalue weighted by Crippen LogP contribution is 2.59. The van der Waals surface area contributed by atoms with E-state index in [1.54, 1.807) is 0 Å². The molecule has 0 saturated heterocycles. The van der Waals surface area contributed by atoms with Crippen molar-refractivity contribution in [3.8, 4) is 22.3 Å². The number of hydrogen-bond acceptors (Lipinski definition) is 0. The molecule has 0 spiro atoms. The molecule has 10 aromatic carbocycles. The first kappa shape index (κ1) is 19.8. The SMILES string of the molecule is c1cc2c3c(cccc3c1)-c1c-2c2c3cccc4cccc(c5ccc6c7cccc8cccc(c1c6c52)c87)c43. The third-order valence-electron chi connectivity index (χ3n) is 9.83. The van der Waals surface area contributed by atoms with Gasteiger partial charge < -0.3 is 0 Å². The number of benzene rings is 10. The van der Waals surface area contributed by atoms with Gasteiger partial charge in [-0.2, -0.15) is 0 Å². The Morgan fingerprint density at radius 3 is 1.02 bits per heavy atom.